The van der Waals surface area contributed by atoms with Crippen molar-refractivity contribution in [2.75, 3.05) is 0 Å². The summed E-state index contributed by atoms with van der Waals surface area (Å²) < 4.78 is 1.42. The van der Waals surface area contributed by atoms with E-state index in [-0.39, 0.29) is 22.3 Å². The maximum atomic E-state index is 12.5. The number of hydroxylamine groups is 2. The molecular weight excluding hydrogens is 312 g/mol. The summed E-state index contributed by atoms with van der Waals surface area (Å²) in [4.78, 5) is 46.1. The van der Waals surface area contributed by atoms with Crippen LogP contribution in [0, 0.1) is 6.92 Å². The van der Waals surface area contributed by atoms with Gasteiger partial charge in [0, 0.05) is 12.4 Å². The first-order valence-corrected chi connectivity index (χ1v) is 7.08. The van der Waals surface area contributed by atoms with Crippen molar-refractivity contribution < 1.29 is 19.2 Å². The maximum Gasteiger partial charge on any atom is 0.369 e. The highest BCUT2D eigenvalue weighted by Gasteiger charge is 2.39. The van der Waals surface area contributed by atoms with Gasteiger partial charge in [0.05, 0.1) is 16.8 Å². The highest BCUT2D eigenvalue weighted by atomic mass is 16.7. The molecule has 0 saturated carbocycles. The molecule has 8 nitrogen and oxygen atoms in total. The Morgan fingerprint density at radius 2 is 1.75 bits per heavy atom. The zero-order valence-electron chi connectivity index (χ0n) is 12.5. The highest BCUT2D eigenvalue weighted by molar-refractivity contribution is 6.21. The summed E-state index contributed by atoms with van der Waals surface area (Å²) in [6.07, 6.45) is 3.14. The van der Waals surface area contributed by atoms with Gasteiger partial charge in [-0.25, -0.2) is 14.3 Å². The van der Waals surface area contributed by atoms with Gasteiger partial charge in [-0.2, -0.15) is 5.10 Å². The summed E-state index contributed by atoms with van der Waals surface area (Å²) in [6.45, 7) is 1.62. The van der Waals surface area contributed by atoms with E-state index in [0.29, 0.717) is 10.8 Å². The van der Waals surface area contributed by atoms with Crippen molar-refractivity contribution >= 4 is 23.4 Å². The molecule has 2 amide bonds. The second-order valence-electron chi connectivity index (χ2n) is 5.18. The van der Waals surface area contributed by atoms with Crippen molar-refractivity contribution in [2.24, 2.45) is 0 Å². The van der Waals surface area contributed by atoms with Crippen LogP contribution in [0.5, 0.6) is 0 Å². The lowest BCUT2D eigenvalue weighted by molar-refractivity contribution is -0.0584. The number of amides is 2. The summed E-state index contributed by atoms with van der Waals surface area (Å²) in [5.41, 5.74) is 1.18. The molecule has 0 N–H and O–H groups in total. The summed E-state index contributed by atoms with van der Waals surface area (Å²) in [5, 5.41) is 4.62. The average molecular weight is 322 g/mol. The number of imide groups is 1. The van der Waals surface area contributed by atoms with Crippen LogP contribution >= 0.6 is 0 Å². The minimum atomic E-state index is -0.865. The Hall–Kier alpha value is -3.55. The molecule has 0 fully saturated rings. The van der Waals surface area contributed by atoms with Crippen molar-refractivity contribution in [1.29, 1.82) is 0 Å². The van der Waals surface area contributed by atoms with Crippen LogP contribution < -0.4 is 0 Å². The molecule has 4 rings (SSSR count). The van der Waals surface area contributed by atoms with E-state index in [2.05, 4.69) is 10.1 Å². The van der Waals surface area contributed by atoms with E-state index in [4.69, 9.17) is 4.84 Å². The number of hydrogen-bond donors (Lipinski definition) is 0. The molecule has 0 spiro atoms. The maximum absolute atomic E-state index is 12.5. The second-order valence-corrected chi connectivity index (χ2v) is 5.18. The second kappa shape index (κ2) is 4.98. The average Bonchev–Trinajstić information content (AvgIpc) is 3.04. The minimum absolute atomic E-state index is 0.104. The quantitative estimate of drug-likeness (QED) is 0.662. The molecule has 3 aromatic rings. The number of rotatable bonds is 2. The number of nitrogens with zero attached hydrogens (tertiary/aromatic N) is 4. The van der Waals surface area contributed by atoms with Crippen LogP contribution in [0.3, 0.4) is 0 Å². The number of fused-ring (bicyclic) bond motifs is 2. The van der Waals surface area contributed by atoms with Crippen molar-refractivity contribution in [3.63, 3.8) is 0 Å². The zero-order chi connectivity index (χ0) is 16.8. The minimum Gasteiger partial charge on any atom is -0.324 e. The van der Waals surface area contributed by atoms with Crippen LogP contribution in [0.25, 0.3) is 5.65 Å². The van der Waals surface area contributed by atoms with Gasteiger partial charge in [0.15, 0.2) is 5.65 Å². The number of hydrogen-bond acceptors (Lipinski definition) is 6. The first kappa shape index (κ1) is 14.1. The van der Waals surface area contributed by atoms with Gasteiger partial charge in [0.25, 0.3) is 11.8 Å². The monoisotopic (exact) mass is 322 g/mol. The summed E-state index contributed by atoms with van der Waals surface area (Å²) in [6, 6.07) is 7.94. The van der Waals surface area contributed by atoms with Crippen molar-refractivity contribution in [3.05, 3.63) is 65.1 Å². The lowest BCUT2D eigenvalue weighted by Crippen LogP contribution is -2.32. The molecule has 2 aromatic heterocycles. The van der Waals surface area contributed by atoms with Crippen molar-refractivity contribution in [3.8, 4) is 0 Å². The van der Waals surface area contributed by atoms with Crippen LogP contribution in [-0.4, -0.2) is 37.4 Å². The zero-order valence-corrected chi connectivity index (χ0v) is 12.5. The van der Waals surface area contributed by atoms with Gasteiger partial charge in [-0.1, -0.05) is 17.2 Å². The Bertz CT molecular complexity index is 989. The van der Waals surface area contributed by atoms with Gasteiger partial charge in [0.2, 0.25) is 0 Å². The van der Waals surface area contributed by atoms with Crippen LogP contribution in [0.4, 0.5) is 0 Å². The molecular formula is C16H10N4O4. The van der Waals surface area contributed by atoms with Crippen LogP contribution in [0.2, 0.25) is 0 Å². The van der Waals surface area contributed by atoms with Gasteiger partial charge in [-0.05, 0) is 25.1 Å². The standard InChI is InChI=1S/C16H10N4O4/c1-9-12(13-17-7-4-8-19(13)18-9)16(23)24-20-14(21)10-5-2-3-6-11(10)15(20)22/h2-8H,1H3. The number of carbonyl (C=O) groups is 3. The third kappa shape index (κ3) is 1.89. The first-order chi connectivity index (χ1) is 11.6. The third-order valence-electron chi connectivity index (χ3n) is 3.71. The van der Waals surface area contributed by atoms with E-state index in [1.807, 2.05) is 0 Å². The Labute approximate surface area is 135 Å². The number of aromatic nitrogens is 3. The topological polar surface area (TPSA) is 93.9 Å². The van der Waals surface area contributed by atoms with Gasteiger partial charge < -0.3 is 4.84 Å². The SMILES string of the molecule is Cc1nn2cccnc2c1C(=O)ON1C(=O)c2ccccc2C1=O. The number of aryl methyl sites for hydroxylation is 1. The van der Waals surface area contributed by atoms with Crippen LogP contribution in [0.15, 0.2) is 42.7 Å². The number of benzene rings is 1. The van der Waals surface area contributed by atoms with E-state index in [0.717, 1.165) is 0 Å². The van der Waals surface area contributed by atoms with Crippen molar-refractivity contribution in [2.45, 2.75) is 6.92 Å². The molecule has 0 saturated heterocycles. The lowest BCUT2D eigenvalue weighted by Gasteiger charge is -2.12. The molecule has 1 aliphatic heterocycles. The third-order valence-corrected chi connectivity index (χ3v) is 3.71. The lowest BCUT2D eigenvalue weighted by atomic mass is 10.1. The van der Waals surface area contributed by atoms with Gasteiger partial charge in [-0.3, -0.25) is 9.59 Å². The largest absolute Gasteiger partial charge is 0.369 e. The molecule has 0 bridgehead atoms. The molecule has 24 heavy (non-hydrogen) atoms. The first-order valence-electron chi connectivity index (χ1n) is 7.08. The Kier molecular flexibility index (Phi) is 2.92. The molecule has 1 aliphatic rings. The predicted octanol–water partition coefficient (Wildman–Crippen LogP) is 1.41. The molecule has 1 aromatic carbocycles. The van der Waals surface area contributed by atoms with E-state index in [1.54, 1.807) is 31.3 Å². The van der Waals surface area contributed by atoms with E-state index in [9.17, 15) is 14.4 Å². The predicted molar refractivity (Wildman–Crippen MR) is 80.1 cm³/mol. The van der Waals surface area contributed by atoms with Gasteiger partial charge in [0.1, 0.15) is 5.56 Å². The Balaban J connectivity index is 1.69. The molecule has 8 heteroatoms. The van der Waals surface area contributed by atoms with E-state index >= 15 is 0 Å². The smallest absolute Gasteiger partial charge is 0.324 e. The molecule has 0 unspecified atom stereocenters. The highest BCUT2D eigenvalue weighted by Crippen LogP contribution is 2.24. The number of carbonyl (C=O) groups excluding carboxylic acids is 3. The van der Waals surface area contributed by atoms with Gasteiger partial charge >= 0.3 is 5.97 Å². The molecule has 0 aliphatic carbocycles. The molecule has 0 radical (unpaired) electrons. The Morgan fingerprint density at radius 1 is 1.08 bits per heavy atom. The fraction of sp³-hybridized carbons (Fsp3) is 0.0625. The van der Waals surface area contributed by atoms with Crippen molar-refractivity contribution in [1.82, 2.24) is 19.7 Å². The van der Waals surface area contributed by atoms with Gasteiger partial charge in [-0.15, -0.1) is 0 Å². The normalized spacial score (nSPS) is 13.5. The van der Waals surface area contributed by atoms with E-state index in [1.165, 1.54) is 22.8 Å². The van der Waals surface area contributed by atoms with Crippen LogP contribution in [-0.2, 0) is 4.84 Å². The van der Waals surface area contributed by atoms with E-state index < -0.39 is 17.8 Å². The molecule has 0 atom stereocenters. The Morgan fingerprint density at radius 3 is 2.42 bits per heavy atom. The van der Waals surface area contributed by atoms with Crippen LogP contribution in [0.1, 0.15) is 36.8 Å². The molecule has 118 valence electrons. The summed E-state index contributed by atoms with van der Waals surface area (Å²) in [5.74, 6) is -2.22. The summed E-state index contributed by atoms with van der Waals surface area (Å²) >= 11 is 0. The molecule has 3 heterocycles. The fourth-order valence-electron chi connectivity index (χ4n) is 2.61. The summed E-state index contributed by atoms with van der Waals surface area (Å²) in [7, 11) is 0. The fourth-order valence-corrected chi connectivity index (χ4v) is 2.61.